The minimum atomic E-state index is 0.269. The maximum atomic E-state index is 6.08. The molecule has 2 rings (SSSR count). The van der Waals surface area contributed by atoms with Crippen LogP contribution in [0.2, 0.25) is 5.15 Å². The highest BCUT2D eigenvalue weighted by atomic mass is 127. The smallest absolute Gasteiger partial charge is 0.146 e. The first-order valence-electron chi connectivity index (χ1n) is 5.01. The zero-order valence-electron chi connectivity index (χ0n) is 8.87. The molecule has 4 nitrogen and oxygen atoms in total. The van der Waals surface area contributed by atoms with Crippen molar-refractivity contribution in [2.24, 2.45) is 0 Å². The average molecular weight is 355 g/mol. The topological polar surface area (TPSA) is 44.2 Å². The maximum Gasteiger partial charge on any atom is 0.146 e. The Morgan fingerprint density at radius 3 is 3.00 bits per heavy atom. The minimum Gasteiger partial charge on any atom is -0.381 e. The number of hydrogen-bond donors (Lipinski definition) is 0. The monoisotopic (exact) mass is 354 g/mol. The largest absolute Gasteiger partial charge is 0.381 e. The van der Waals surface area contributed by atoms with Crippen LogP contribution in [0.5, 0.6) is 0 Å². The van der Waals surface area contributed by atoms with Crippen molar-refractivity contribution in [1.82, 2.24) is 9.97 Å². The van der Waals surface area contributed by atoms with Gasteiger partial charge in [0.05, 0.1) is 22.5 Å². The molecule has 1 fully saturated rings. The summed E-state index contributed by atoms with van der Waals surface area (Å²) >= 11 is 8.22. The predicted molar refractivity (Wildman–Crippen MR) is 68.6 cm³/mol. The van der Waals surface area contributed by atoms with Gasteiger partial charge >= 0.3 is 0 Å². The van der Waals surface area contributed by atoms with Crippen molar-refractivity contribution < 1.29 is 9.47 Å². The highest BCUT2D eigenvalue weighted by Crippen LogP contribution is 2.26. The Balaban J connectivity index is 2.31. The van der Waals surface area contributed by atoms with Gasteiger partial charge in [-0.3, -0.25) is 0 Å². The molecule has 0 bridgehead atoms. The van der Waals surface area contributed by atoms with Crippen molar-refractivity contribution >= 4 is 34.2 Å². The second kappa shape index (κ2) is 5.57. The van der Waals surface area contributed by atoms with Crippen molar-refractivity contribution in [3.05, 3.63) is 20.2 Å². The molecule has 0 spiro atoms. The van der Waals surface area contributed by atoms with Gasteiger partial charge in [-0.05, 0) is 29.0 Å². The van der Waals surface area contributed by atoms with E-state index in [-0.39, 0.29) is 5.92 Å². The molecule has 88 valence electrons. The molecule has 1 unspecified atom stereocenters. The van der Waals surface area contributed by atoms with Gasteiger partial charge in [-0.15, -0.1) is 0 Å². The third kappa shape index (κ3) is 2.64. The van der Waals surface area contributed by atoms with Crippen LogP contribution in [-0.2, 0) is 16.1 Å². The number of hydrogen-bond acceptors (Lipinski definition) is 4. The van der Waals surface area contributed by atoms with Crippen LogP contribution in [0, 0.1) is 3.57 Å². The lowest BCUT2D eigenvalue weighted by molar-refractivity contribution is 0.179. The van der Waals surface area contributed by atoms with E-state index >= 15 is 0 Å². The number of aromatic nitrogens is 2. The molecule has 0 N–H and O–H groups in total. The van der Waals surface area contributed by atoms with Gasteiger partial charge in [0.15, 0.2) is 0 Å². The molecule has 0 aromatic carbocycles. The van der Waals surface area contributed by atoms with Crippen LogP contribution >= 0.6 is 34.2 Å². The molecular weight excluding hydrogens is 342 g/mol. The summed E-state index contributed by atoms with van der Waals surface area (Å²) in [5, 5.41) is 0.504. The van der Waals surface area contributed by atoms with Crippen LogP contribution in [0.15, 0.2) is 0 Å². The summed E-state index contributed by atoms with van der Waals surface area (Å²) in [5.74, 6) is 1.04. The summed E-state index contributed by atoms with van der Waals surface area (Å²) in [6.45, 7) is 1.92. The van der Waals surface area contributed by atoms with Crippen LogP contribution < -0.4 is 0 Å². The molecule has 16 heavy (non-hydrogen) atoms. The molecule has 0 amide bonds. The first-order chi connectivity index (χ1) is 7.72. The van der Waals surface area contributed by atoms with Crippen LogP contribution in [-0.4, -0.2) is 30.3 Å². The molecule has 0 aliphatic carbocycles. The van der Waals surface area contributed by atoms with Crippen molar-refractivity contribution in [3.63, 3.8) is 0 Å². The van der Waals surface area contributed by atoms with E-state index in [2.05, 4.69) is 32.6 Å². The van der Waals surface area contributed by atoms with Crippen molar-refractivity contribution in [2.45, 2.75) is 18.9 Å². The number of ether oxygens (including phenoxy) is 2. The van der Waals surface area contributed by atoms with E-state index in [0.717, 1.165) is 28.1 Å². The van der Waals surface area contributed by atoms with Crippen molar-refractivity contribution in [2.75, 3.05) is 20.3 Å². The summed E-state index contributed by atoms with van der Waals surface area (Å²) < 4.78 is 11.3. The van der Waals surface area contributed by atoms with Gasteiger partial charge in [0, 0.05) is 19.6 Å². The quantitative estimate of drug-likeness (QED) is 0.617. The Kier molecular flexibility index (Phi) is 4.34. The molecule has 0 radical (unpaired) electrons. The molecule has 1 aliphatic heterocycles. The number of methoxy groups -OCH3 is 1. The third-order valence-electron chi connectivity index (χ3n) is 2.47. The summed E-state index contributed by atoms with van der Waals surface area (Å²) in [4.78, 5) is 8.81. The highest BCUT2D eigenvalue weighted by molar-refractivity contribution is 14.1. The van der Waals surface area contributed by atoms with Crippen LogP contribution in [0.25, 0.3) is 0 Å². The lowest BCUT2D eigenvalue weighted by Gasteiger charge is -2.10. The normalized spacial score (nSPS) is 20.3. The molecule has 1 aliphatic rings. The fraction of sp³-hybridized carbons (Fsp3) is 0.600. The molecule has 1 aromatic heterocycles. The first-order valence-corrected chi connectivity index (χ1v) is 6.46. The second-order valence-electron chi connectivity index (χ2n) is 3.63. The SMILES string of the molecule is COCc1nc(C2CCOC2)nc(Cl)c1I. The lowest BCUT2D eigenvalue weighted by Crippen LogP contribution is -2.09. The summed E-state index contributed by atoms with van der Waals surface area (Å²) in [7, 11) is 1.64. The van der Waals surface area contributed by atoms with Crippen molar-refractivity contribution in [1.29, 1.82) is 0 Å². The van der Waals surface area contributed by atoms with Crippen LogP contribution in [0.3, 0.4) is 0 Å². The van der Waals surface area contributed by atoms with Crippen LogP contribution in [0.4, 0.5) is 0 Å². The molecule has 1 saturated heterocycles. The second-order valence-corrected chi connectivity index (χ2v) is 5.06. The van der Waals surface area contributed by atoms with Gasteiger partial charge in [-0.2, -0.15) is 0 Å². The molecule has 1 aromatic rings. The van der Waals surface area contributed by atoms with E-state index in [0.29, 0.717) is 18.4 Å². The molecule has 1 atom stereocenters. The fourth-order valence-electron chi connectivity index (χ4n) is 1.63. The first kappa shape index (κ1) is 12.5. The summed E-state index contributed by atoms with van der Waals surface area (Å²) in [5.41, 5.74) is 0.852. The summed E-state index contributed by atoms with van der Waals surface area (Å²) in [6, 6.07) is 0. The zero-order chi connectivity index (χ0) is 11.5. The number of rotatable bonds is 3. The van der Waals surface area contributed by atoms with Crippen LogP contribution in [0.1, 0.15) is 23.9 Å². The fourth-order valence-corrected chi connectivity index (χ4v) is 2.23. The van der Waals surface area contributed by atoms with E-state index < -0.39 is 0 Å². The number of nitrogens with zero attached hydrogens (tertiary/aromatic N) is 2. The molecule has 6 heteroatoms. The van der Waals surface area contributed by atoms with Gasteiger partial charge in [0.1, 0.15) is 11.0 Å². The van der Waals surface area contributed by atoms with Gasteiger partial charge in [0.2, 0.25) is 0 Å². The molecular formula is C10H12ClIN2O2. The zero-order valence-corrected chi connectivity index (χ0v) is 11.8. The third-order valence-corrected chi connectivity index (χ3v) is 4.20. The Bertz CT molecular complexity index is 383. The Morgan fingerprint density at radius 1 is 1.56 bits per heavy atom. The number of halogens is 2. The molecule has 2 heterocycles. The molecule has 0 saturated carbocycles. The maximum absolute atomic E-state index is 6.08. The van der Waals surface area contributed by atoms with E-state index in [9.17, 15) is 0 Å². The summed E-state index contributed by atoms with van der Waals surface area (Å²) in [6.07, 6.45) is 0.962. The predicted octanol–water partition coefficient (Wildman–Crippen LogP) is 2.38. The van der Waals surface area contributed by atoms with E-state index in [1.54, 1.807) is 7.11 Å². The Hall–Kier alpha value is 0.0200. The van der Waals surface area contributed by atoms with Gasteiger partial charge < -0.3 is 9.47 Å². The lowest BCUT2D eigenvalue weighted by atomic mass is 10.1. The Labute approximate surface area is 113 Å². The minimum absolute atomic E-state index is 0.269. The van der Waals surface area contributed by atoms with Crippen molar-refractivity contribution in [3.8, 4) is 0 Å². The van der Waals surface area contributed by atoms with E-state index in [1.807, 2.05) is 0 Å². The van der Waals surface area contributed by atoms with Gasteiger partial charge in [-0.25, -0.2) is 9.97 Å². The van der Waals surface area contributed by atoms with Gasteiger partial charge in [0.25, 0.3) is 0 Å². The van der Waals surface area contributed by atoms with E-state index in [4.69, 9.17) is 21.1 Å². The Morgan fingerprint density at radius 2 is 2.38 bits per heavy atom. The highest BCUT2D eigenvalue weighted by Gasteiger charge is 2.22. The standard InChI is InChI=1S/C10H12ClIN2O2/c1-15-5-7-8(12)9(11)14-10(13-7)6-2-3-16-4-6/h6H,2-5H2,1H3. The van der Waals surface area contributed by atoms with Gasteiger partial charge in [-0.1, -0.05) is 11.6 Å². The average Bonchev–Trinajstić information content (AvgIpc) is 2.78. The van der Waals surface area contributed by atoms with E-state index in [1.165, 1.54) is 0 Å².